The molecule has 1 atom stereocenters. The van der Waals surface area contributed by atoms with E-state index in [-0.39, 0.29) is 6.04 Å². The first kappa shape index (κ1) is 18.4. The molecule has 3 aromatic rings. The minimum Gasteiger partial charge on any atom is -0.328 e. The summed E-state index contributed by atoms with van der Waals surface area (Å²) in [5, 5.41) is 9.44. The molecule has 0 fully saturated rings. The lowest BCUT2D eigenvalue weighted by Crippen LogP contribution is -2.16. The van der Waals surface area contributed by atoms with Crippen molar-refractivity contribution in [2.75, 3.05) is 0 Å². The molecule has 0 radical (unpaired) electrons. The number of hydrogen-bond acceptors (Lipinski definition) is 3. The third kappa shape index (κ3) is 3.08. The lowest BCUT2D eigenvalue weighted by atomic mass is 10.1. The van der Waals surface area contributed by atoms with Crippen LogP contribution in [0.5, 0.6) is 0 Å². The Morgan fingerprint density at radius 1 is 1.00 bits per heavy atom. The molecular formula is C20H30N6. The molecule has 0 aromatic carbocycles. The minimum atomic E-state index is 0.252. The normalized spacial score (nSPS) is 12.7. The van der Waals surface area contributed by atoms with Gasteiger partial charge in [0.1, 0.15) is 0 Å². The zero-order valence-electron chi connectivity index (χ0n) is 17.0. The molecule has 3 rings (SSSR count). The van der Waals surface area contributed by atoms with Crippen molar-refractivity contribution in [2.45, 2.75) is 74.0 Å². The first-order valence-corrected chi connectivity index (χ1v) is 9.41. The van der Waals surface area contributed by atoms with Crippen molar-refractivity contribution >= 4 is 0 Å². The summed E-state index contributed by atoms with van der Waals surface area (Å²) < 4.78 is 6.47. The fourth-order valence-corrected chi connectivity index (χ4v) is 3.71. The van der Waals surface area contributed by atoms with Crippen LogP contribution in [-0.2, 0) is 13.1 Å². The van der Waals surface area contributed by atoms with E-state index in [0.717, 1.165) is 36.6 Å². The van der Waals surface area contributed by atoms with E-state index in [0.29, 0.717) is 0 Å². The molecular weight excluding hydrogens is 324 g/mol. The topological polar surface area (TPSA) is 53.5 Å². The zero-order chi connectivity index (χ0) is 19.0. The summed E-state index contributed by atoms with van der Waals surface area (Å²) in [4.78, 5) is 4.42. The Hall–Kier alpha value is -2.37. The second-order valence-electron chi connectivity index (χ2n) is 7.29. The van der Waals surface area contributed by atoms with Crippen molar-refractivity contribution in [1.29, 1.82) is 0 Å². The Kier molecular flexibility index (Phi) is 5.03. The summed E-state index contributed by atoms with van der Waals surface area (Å²) in [6, 6.07) is 0.252. The molecule has 3 heterocycles. The molecule has 26 heavy (non-hydrogen) atoms. The fourth-order valence-electron chi connectivity index (χ4n) is 3.71. The highest BCUT2D eigenvalue weighted by Gasteiger charge is 2.19. The highest BCUT2D eigenvalue weighted by atomic mass is 15.3. The van der Waals surface area contributed by atoms with Crippen LogP contribution < -0.4 is 0 Å². The lowest BCUT2D eigenvalue weighted by molar-refractivity contribution is 0.418. The molecule has 6 heteroatoms. The second kappa shape index (κ2) is 7.09. The molecule has 140 valence electrons. The van der Waals surface area contributed by atoms with Gasteiger partial charge in [0.05, 0.1) is 35.6 Å². The van der Waals surface area contributed by atoms with Crippen molar-refractivity contribution in [1.82, 2.24) is 29.1 Å². The van der Waals surface area contributed by atoms with Gasteiger partial charge in [-0.1, -0.05) is 6.92 Å². The summed E-state index contributed by atoms with van der Waals surface area (Å²) >= 11 is 0. The Labute approximate surface area is 155 Å². The predicted molar refractivity (Wildman–Crippen MR) is 104 cm³/mol. The van der Waals surface area contributed by atoms with Gasteiger partial charge in [0.2, 0.25) is 0 Å². The van der Waals surface area contributed by atoms with Crippen LogP contribution in [0.15, 0.2) is 12.5 Å². The van der Waals surface area contributed by atoms with E-state index in [4.69, 9.17) is 10.2 Å². The van der Waals surface area contributed by atoms with E-state index < -0.39 is 0 Å². The predicted octanol–water partition coefficient (Wildman–Crippen LogP) is 4.16. The molecule has 0 N–H and O–H groups in total. The number of aromatic nitrogens is 6. The smallest absolute Gasteiger partial charge is 0.0951 e. The number of aryl methyl sites for hydroxylation is 3. The molecule has 0 bridgehead atoms. The zero-order valence-corrected chi connectivity index (χ0v) is 17.0. The van der Waals surface area contributed by atoms with Crippen LogP contribution in [0.2, 0.25) is 0 Å². The summed E-state index contributed by atoms with van der Waals surface area (Å²) in [5.74, 6) is 0. The van der Waals surface area contributed by atoms with Crippen molar-refractivity contribution in [3.05, 3.63) is 40.9 Å². The first-order valence-electron chi connectivity index (χ1n) is 9.41. The largest absolute Gasteiger partial charge is 0.328 e. The summed E-state index contributed by atoms with van der Waals surface area (Å²) in [5.41, 5.74) is 8.22. The Morgan fingerprint density at radius 2 is 1.73 bits per heavy atom. The highest BCUT2D eigenvalue weighted by molar-refractivity contribution is 5.64. The quantitative estimate of drug-likeness (QED) is 0.668. The van der Waals surface area contributed by atoms with Crippen molar-refractivity contribution in [3.63, 3.8) is 0 Å². The first-order chi connectivity index (χ1) is 12.3. The number of hydrogen-bond donors (Lipinski definition) is 0. The monoisotopic (exact) mass is 354 g/mol. The van der Waals surface area contributed by atoms with E-state index >= 15 is 0 Å². The minimum absolute atomic E-state index is 0.252. The van der Waals surface area contributed by atoms with Gasteiger partial charge in [0.15, 0.2) is 0 Å². The third-order valence-electron chi connectivity index (χ3n) is 5.35. The van der Waals surface area contributed by atoms with E-state index in [2.05, 4.69) is 67.4 Å². The van der Waals surface area contributed by atoms with Gasteiger partial charge in [0.25, 0.3) is 0 Å². The van der Waals surface area contributed by atoms with Gasteiger partial charge in [-0.25, -0.2) is 4.98 Å². The maximum Gasteiger partial charge on any atom is 0.0951 e. The van der Waals surface area contributed by atoms with E-state index in [1.165, 1.54) is 22.5 Å². The van der Waals surface area contributed by atoms with E-state index in [9.17, 15) is 0 Å². The Balaban J connectivity index is 1.93. The number of rotatable bonds is 6. The van der Waals surface area contributed by atoms with Crippen LogP contribution in [0.4, 0.5) is 0 Å². The van der Waals surface area contributed by atoms with Crippen molar-refractivity contribution < 1.29 is 0 Å². The molecule has 0 amide bonds. The van der Waals surface area contributed by atoms with Gasteiger partial charge in [-0.05, 0) is 53.5 Å². The van der Waals surface area contributed by atoms with Gasteiger partial charge < -0.3 is 4.57 Å². The van der Waals surface area contributed by atoms with Crippen LogP contribution in [0.3, 0.4) is 0 Å². The maximum absolute atomic E-state index is 4.72. The summed E-state index contributed by atoms with van der Waals surface area (Å²) in [6.07, 6.45) is 4.95. The van der Waals surface area contributed by atoms with Gasteiger partial charge in [-0.15, -0.1) is 0 Å². The van der Waals surface area contributed by atoms with Crippen molar-refractivity contribution in [2.24, 2.45) is 0 Å². The van der Waals surface area contributed by atoms with Gasteiger partial charge in [-0.2, -0.15) is 10.2 Å². The van der Waals surface area contributed by atoms with Gasteiger partial charge in [0, 0.05) is 30.0 Å². The standard InChI is InChI=1S/C20H30N6/c1-8-9-25-18(7)20(16(5)22-25)19-10-21-12-24(19)11-13(2)26-17(6)14(3)15(4)23-26/h10,12-13H,8-9,11H2,1-7H3/t13-/m1/s1. The van der Waals surface area contributed by atoms with E-state index in [1.807, 2.05) is 12.5 Å². The van der Waals surface area contributed by atoms with Gasteiger partial charge in [-0.3, -0.25) is 9.36 Å². The van der Waals surface area contributed by atoms with Crippen LogP contribution in [0.1, 0.15) is 54.6 Å². The van der Waals surface area contributed by atoms with Crippen LogP contribution in [0.25, 0.3) is 11.3 Å². The molecule has 0 saturated heterocycles. The molecule has 0 spiro atoms. The SMILES string of the molecule is CCCn1nc(C)c(-c2cncn2C[C@@H](C)n2nc(C)c(C)c2C)c1C. The Bertz CT molecular complexity index is 911. The molecule has 0 saturated carbocycles. The third-order valence-corrected chi connectivity index (χ3v) is 5.35. The lowest BCUT2D eigenvalue weighted by Gasteiger charge is -2.17. The van der Waals surface area contributed by atoms with Gasteiger partial charge >= 0.3 is 0 Å². The van der Waals surface area contributed by atoms with Crippen LogP contribution in [-0.4, -0.2) is 29.1 Å². The second-order valence-corrected chi connectivity index (χ2v) is 7.29. The average molecular weight is 355 g/mol. The van der Waals surface area contributed by atoms with E-state index in [1.54, 1.807) is 0 Å². The fraction of sp³-hybridized carbons (Fsp3) is 0.550. The number of nitrogens with zero attached hydrogens (tertiary/aromatic N) is 6. The number of imidazole rings is 1. The molecule has 3 aromatic heterocycles. The molecule has 0 aliphatic rings. The Morgan fingerprint density at radius 3 is 2.35 bits per heavy atom. The average Bonchev–Trinajstić information content (AvgIpc) is 3.22. The summed E-state index contributed by atoms with van der Waals surface area (Å²) in [7, 11) is 0. The molecule has 0 unspecified atom stereocenters. The van der Waals surface area contributed by atoms with Crippen LogP contribution >= 0.6 is 0 Å². The van der Waals surface area contributed by atoms with Crippen molar-refractivity contribution in [3.8, 4) is 11.3 Å². The molecule has 0 aliphatic carbocycles. The molecule has 6 nitrogen and oxygen atoms in total. The van der Waals surface area contributed by atoms with Crippen LogP contribution in [0, 0.1) is 34.6 Å². The summed E-state index contributed by atoms with van der Waals surface area (Å²) in [6.45, 7) is 16.7. The molecule has 0 aliphatic heterocycles. The highest BCUT2D eigenvalue weighted by Crippen LogP contribution is 2.28. The maximum atomic E-state index is 4.72.